The van der Waals surface area contributed by atoms with E-state index in [9.17, 15) is 4.79 Å². The number of aromatic nitrogens is 1. The Kier molecular flexibility index (Phi) is 3.87. The van der Waals surface area contributed by atoms with E-state index in [4.69, 9.17) is 9.84 Å². The number of carboxylic acids is 1. The van der Waals surface area contributed by atoms with Crippen LogP contribution in [0.1, 0.15) is 23.2 Å². The highest BCUT2D eigenvalue weighted by Gasteiger charge is 2.19. The summed E-state index contributed by atoms with van der Waals surface area (Å²) in [6, 6.07) is 0. The number of carbonyl (C=O) groups is 1. The average molecular weight is 242 g/mol. The average Bonchev–Trinajstić information content (AvgIpc) is 2.76. The zero-order valence-corrected chi connectivity index (χ0v) is 9.63. The predicted octanol–water partition coefficient (Wildman–Crippen LogP) is 0.821. The van der Waals surface area contributed by atoms with Gasteiger partial charge in [0.05, 0.1) is 18.7 Å². The number of carboxylic acid groups (broad SMARTS) is 1. The maximum Gasteiger partial charge on any atom is 0.303 e. The van der Waals surface area contributed by atoms with Gasteiger partial charge < -0.3 is 15.2 Å². The molecule has 1 saturated heterocycles. The Labute approximate surface area is 97.5 Å². The Bertz CT molecular complexity index is 361. The highest BCUT2D eigenvalue weighted by Crippen LogP contribution is 2.23. The molecule has 0 amide bonds. The van der Waals surface area contributed by atoms with Crippen molar-refractivity contribution in [3.05, 3.63) is 16.1 Å². The summed E-state index contributed by atoms with van der Waals surface area (Å²) in [7, 11) is 0. The molecule has 0 bridgehead atoms. The van der Waals surface area contributed by atoms with Crippen LogP contribution in [-0.4, -0.2) is 35.8 Å². The monoisotopic (exact) mass is 242 g/mol. The largest absolute Gasteiger partial charge is 0.481 e. The number of rotatable bonds is 4. The van der Waals surface area contributed by atoms with Crippen LogP contribution in [0, 0.1) is 0 Å². The summed E-state index contributed by atoms with van der Waals surface area (Å²) < 4.78 is 5.57. The molecule has 1 unspecified atom stereocenters. The molecule has 1 aromatic rings. The van der Waals surface area contributed by atoms with Crippen molar-refractivity contribution in [3.8, 4) is 0 Å². The van der Waals surface area contributed by atoms with Gasteiger partial charge in [0.2, 0.25) is 0 Å². The topological polar surface area (TPSA) is 71.5 Å². The molecule has 16 heavy (non-hydrogen) atoms. The number of nitrogens with one attached hydrogen (secondary N) is 1. The Morgan fingerprint density at radius 1 is 1.75 bits per heavy atom. The summed E-state index contributed by atoms with van der Waals surface area (Å²) in [4.78, 5) is 14.8. The minimum Gasteiger partial charge on any atom is -0.481 e. The first kappa shape index (κ1) is 11.5. The molecule has 88 valence electrons. The normalized spacial score (nSPS) is 20.9. The molecule has 5 nitrogen and oxygen atoms in total. The smallest absolute Gasteiger partial charge is 0.303 e. The van der Waals surface area contributed by atoms with Gasteiger partial charge >= 0.3 is 5.97 Å². The van der Waals surface area contributed by atoms with Crippen molar-refractivity contribution < 1.29 is 14.6 Å². The molecule has 0 aliphatic carbocycles. The molecule has 2 N–H and O–H groups in total. The van der Waals surface area contributed by atoms with Gasteiger partial charge in [0, 0.05) is 24.9 Å². The van der Waals surface area contributed by atoms with Crippen LogP contribution in [0.5, 0.6) is 0 Å². The first-order chi connectivity index (χ1) is 7.75. The SMILES string of the molecule is O=C(O)CCc1csc(C2CNCCO2)n1. The van der Waals surface area contributed by atoms with E-state index in [-0.39, 0.29) is 12.5 Å². The number of ether oxygens (including phenoxy) is 1. The number of hydrogen-bond donors (Lipinski definition) is 2. The van der Waals surface area contributed by atoms with Gasteiger partial charge in [-0.15, -0.1) is 11.3 Å². The highest BCUT2D eigenvalue weighted by atomic mass is 32.1. The number of nitrogens with zero attached hydrogens (tertiary/aromatic N) is 1. The van der Waals surface area contributed by atoms with E-state index in [2.05, 4.69) is 10.3 Å². The molecule has 2 heterocycles. The van der Waals surface area contributed by atoms with Crippen molar-refractivity contribution >= 4 is 17.3 Å². The van der Waals surface area contributed by atoms with Gasteiger partial charge in [-0.05, 0) is 0 Å². The summed E-state index contributed by atoms with van der Waals surface area (Å²) in [5.41, 5.74) is 0.844. The van der Waals surface area contributed by atoms with Gasteiger partial charge in [0.1, 0.15) is 11.1 Å². The van der Waals surface area contributed by atoms with Crippen molar-refractivity contribution in [2.24, 2.45) is 0 Å². The van der Waals surface area contributed by atoms with Crippen molar-refractivity contribution in [2.75, 3.05) is 19.7 Å². The molecule has 1 aliphatic rings. The number of aliphatic carboxylic acids is 1. The summed E-state index contributed by atoms with van der Waals surface area (Å²) >= 11 is 1.54. The van der Waals surface area contributed by atoms with Gasteiger partial charge in [0.25, 0.3) is 0 Å². The minimum atomic E-state index is -0.787. The lowest BCUT2D eigenvalue weighted by atomic mass is 10.2. The zero-order valence-electron chi connectivity index (χ0n) is 8.81. The van der Waals surface area contributed by atoms with E-state index < -0.39 is 5.97 Å². The van der Waals surface area contributed by atoms with Crippen LogP contribution in [-0.2, 0) is 16.0 Å². The van der Waals surface area contributed by atoms with E-state index in [1.807, 2.05) is 5.38 Å². The molecule has 6 heteroatoms. The summed E-state index contributed by atoms with van der Waals surface area (Å²) in [6.07, 6.45) is 0.649. The number of morpholine rings is 1. The predicted molar refractivity (Wildman–Crippen MR) is 59.6 cm³/mol. The van der Waals surface area contributed by atoms with Crippen LogP contribution in [0.3, 0.4) is 0 Å². The van der Waals surface area contributed by atoms with Gasteiger partial charge in [-0.1, -0.05) is 0 Å². The van der Waals surface area contributed by atoms with Crippen molar-refractivity contribution in [3.63, 3.8) is 0 Å². The fourth-order valence-electron chi connectivity index (χ4n) is 1.54. The van der Waals surface area contributed by atoms with Gasteiger partial charge in [-0.2, -0.15) is 0 Å². The van der Waals surface area contributed by atoms with E-state index in [0.717, 1.165) is 23.8 Å². The molecular formula is C10H14N2O3S. The lowest BCUT2D eigenvalue weighted by Crippen LogP contribution is -2.33. The number of hydrogen-bond acceptors (Lipinski definition) is 5. The van der Waals surface area contributed by atoms with Crippen molar-refractivity contribution in [1.29, 1.82) is 0 Å². The molecule has 2 rings (SSSR count). The van der Waals surface area contributed by atoms with Crippen LogP contribution in [0.4, 0.5) is 0 Å². The molecule has 0 aromatic carbocycles. The van der Waals surface area contributed by atoms with Crippen LogP contribution >= 0.6 is 11.3 Å². The lowest BCUT2D eigenvalue weighted by Gasteiger charge is -2.21. The minimum absolute atomic E-state index is 0.0253. The van der Waals surface area contributed by atoms with Gasteiger partial charge in [-0.25, -0.2) is 4.98 Å². The molecule has 1 aliphatic heterocycles. The highest BCUT2D eigenvalue weighted by molar-refractivity contribution is 7.09. The summed E-state index contributed by atoms with van der Waals surface area (Å²) in [6.45, 7) is 2.37. The second-order valence-corrected chi connectivity index (χ2v) is 4.52. The maximum atomic E-state index is 10.4. The third-order valence-electron chi connectivity index (χ3n) is 2.37. The second kappa shape index (κ2) is 5.38. The maximum absolute atomic E-state index is 10.4. The summed E-state index contributed by atoms with van der Waals surface area (Å²) in [5, 5.41) is 14.7. The first-order valence-corrected chi connectivity index (χ1v) is 6.12. The quantitative estimate of drug-likeness (QED) is 0.818. The molecule has 0 saturated carbocycles. The van der Waals surface area contributed by atoms with Crippen molar-refractivity contribution in [2.45, 2.75) is 18.9 Å². The van der Waals surface area contributed by atoms with Crippen LogP contribution in [0.2, 0.25) is 0 Å². The molecular weight excluding hydrogens is 228 g/mol. The van der Waals surface area contributed by atoms with Crippen molar-refractivity contribution in [1.82, 2.24) is 10.3 Å². The zero-order chi connectivity index (χ0) is 11.4. The van der Waals surface area contributed by atoms with E-state index in [1.54, 1.807) is 0 Å². The fourth-order valence-corrected chi connectivity index (χ4v) is 2.44. The third-order valence-corrected chi connectivity index (χ3v) is 3.35. The Balaban J connectivity index is 1.93. The number of aryl methyl sites for hydroxylation is 1. The van der Waals surface area contributed by atoms with E-state index >= 15 is 0 Å². The molecule has 1 fully saturated rings. The Morgan fingerprint density at radius 3 is 3.31 bits per heavy atom. The number of thiazole rings is 1. The van der Waals surface area contributed by atoms with Crippen LogP contribution in [0.25, 0.3) is 0 Å². The second-order valence-electron chi connectivity index (χ2n) is 3.63. The van der Waals surface area contributed by atoms with Crippen LogP contribution in [0.15, 0.2) is 5.38 Å². The third kappa shape index (κ3) is 3.01. The van der Waals surface area contributed by atoms with E-state index in [0.29, 0.717) is 13.0 Å². The molecule has 0 spiro atoms. The first-order valence-electron chi connectivity index (χ1n) is 5.24. The molecule has 0 radical (unpaired) electrons. The van der Waals surface area contributed by atoms with E-state index in [1.165, 1.54) is 11.3 Å². The fraction of sp³-hybridized carbons (Fsp3) is 0.600. The standard InChI is InChI=1S/C10H14N2O3S/c13-9(14)2-1-7-6-16-10(12-7)8-5-11-3-4-15-8/h6,8,11H,1-5H2,(H,13,14). The van der Waals surface area contributed by atoms with Gasteiger partial charge in [-0.3, -0.25) is 4.79 Å². The lowest BCUT2D eigenvalue weighted by molar-refractivity contribution is -0.136. The summed E-state index contributed by atoms with van der Waals surface area (Å²) in [5.74, 6) is -0.787. The Morgan fingerprint density at radius 2 is 2.62 bits per heavy atom. The van der Waals surface area contributed by atoms with Crippen LogP contribution < -0.4 is 5.32 Å². The van der Waals surface area contributed by atoms with Gasteiger partial charge in [0.15, 0.2) is 0 Å². The molecule has 1 atom stereocenters. The Hall–Kier alpha value is -0.980. The molecule has 1 aromatic heterocycles.